The van der Waals surface area contributed by atoms with E-state index in [1.165, 1.54) is 12.1 Å². The van der Waals surface area contributed by atoms with Crippen LogP contribution in [-0.4, -0.2) is 33.0 Å². The molecule has 0 fully saturated rings. The van der Waals surface area contributed by atoms with Crippen molar-refractivity contribution >= 4 is 5.97 Å². The SMILES string of the molecule is CCCOC(c1cccc(O)c1)c1nnc(-c2ccc(C(=O)O)cc2)o1. The molecule has 0 saturated heterocycles. The van der Waals surface area contributed by atoms with Gasteiger partial charge in [0.1, 0.15) is 5.75 Å². The summed E-state index contributed by atoms with van der Waals surface area (Å²) in [6.45, 7) is 2.48. The molecule has 0 saturated carbocycles. The molecule has 1 heterocycles. The molecule has 0 radical (unpaired) electrons. The van der Waals surface area contributed by atoms with Gasteiger partial charge in [-0.15, -0.1) is 10.2 Å². The van der Waals surface area contributed by atoms with Crippen LogP contribution in [0.15, 0.2) is 52.9 Å². The van der Waals surface area contributed by atoms with E-state index in [0.29, 0.717) is 17.7 Å². The zero-order chi connectivity index (χ0) is 18.5. The van der Waals surface area contributed by atoms with Crippen LogP contribution in [0.2, 0.25) is 0 Å². The second-order valence-corrected chi connectivity index (χ2v) is 5.67. The van der Waals surface area contributed by atoms with E-state index in [4.69, 9.17) is 14.3 Å². The van der Waals surface area contributed by atoms with E-state index in [9.17, 15) is 9.90 Å². The number of hydrogen-bond acceptors (Lipinski definition) is 6. The predicted octanol–water partition coefficient (Wildman–Crippen LogP) is 3.66. The Morgan fingerprint density at radius 1 is 1.19 bits per heavy atom. The molecule has 0 amide bonds. The molecule has 134 valence electrons. The number of phenols is 1. The van der Waals surface area contributed by atoms with E-state index in [1.54, 1.807) is 30.3 Å². The van der Waals surface area contributed by atoms with Crippen LogP contribution in [0.25, 0.3) is 11.5 Å². The van der Waals surface area contributed by atoms with Gasteiger partial charge in [-0.1, -0.05) is 19.1 Å². The lowest BCUT2D eigenvalue weighted by Crippen LogP contribution is -2.07. The highest BCUT2D eigenvalue weighted by Gasteiger charge is 2.22. The highest BCUT2D eigenvalue weighted by molar-refractivity contribution is 5.88. The first-order valence-corrected chi connectivity index (χ1v) is 8.16. The molecule has 0 spiro atoms. The van der Waals surface area contributed by atoms with Crippen molar-refractivity contribution in [3.8, 4) is 17.2 Å². The Morgan fingerprint density at radius 2 is 1.96 bits per heavy atom. The van der Waals surface area contributed by atoms with Crippen LogP contribution in [0.5, 0.6) is 5.75 Å². The lowest BCUT2D eigenvalue weighted by molar-refractivity contribution is 0.0621. The van der Waals surface area contributed by atoms with Crippen molar-refractivity contribution in [2.75, 3.05) is 6.61 Å². The molecule has 7 heteroatoms. The van der Waals surface area contributed by atoms with Crippen LogP contribution in [0.1, 0.15) is 41.3 Å². The normalized spacial score (nSPS) is 12.0. The zero-order valence-electron chi connectivity index (χ0n) is 14.1. The first kappa shape index (κ1) is 17.6. The summed E-state index contributed by atoms with van der Waals surface area (Å²) in [5.41, 5.74) is 1.49. The second-order valence-electron chi connectivity index (χ2n) is 5.67. The minimum Gasteiger partial charge on any atom is -0.508 e. The molecule has 0 aliphatic rings. The molecule has 0 aliphatic heterocycles. The summed E-state index contributed by atoms with van der Waals surface area (Å²) in [6.07, 6.45) is 0.217. The van der Waals surface area contributed by atoms with Crippen molar-refractivity contribution in [1.29, 1.82) is 0 Å². The van der Waals surface area contributed by atoms with Crippen molar-refractivity contribution in [2.24, 2.45) is 0 Å². The van der Waals surface area contributed by atoms with Gasteiger partial charge in [0.15, 0.2) is 6.10 Å². The Kier molecular flexibility index (Phi) is 5.28. The third-order valence-corrected chi connectivity index (χ3v) is 3.71. The Hall–Kier alpha value is -3.19. The monoisotopic (exact) mass is 354 g/mol. The van der Waals surface area contributed by atoms with Crippen LogP contribution >= 0.6 is 0 Å². The van der Waals surface area contributed by atoms with E-state index < -0.39 is 12.1 Å². The van der Waals surface area contributed by atoms with E-state index in [-0.39, 0.29) is 23.1 Å². The first-order valence-electron chi connectivity index (χ1n) is 8.16. The Labute approximate surface area is 149 Å². The molecule has 2 aromatic carbocycles. The fourth-order valence-corrected chi connectivity index (χ4v) is 2.45. The molecule has 7 nitrogen and oxygen atoms in total. The van der Waals surface area contributed by atoms with Gasteiger partial charge >= 0.3 is 5.97 Å². The molecule has 1 unspecified atom stereocenters. The number of benzene rings is 2. The fourth-order valence-electron chi connectivity index (χ4n) is 2.45. The van der Waals surface area contributed by atoms with E-state index in [0.717, 1.165) is 6.42 Å². The van der Waals surface area contributed by atoms with Crippen molar-refractivity contribution in [3.63, 3.8) is 0 Å². The molecule has 0 bridgehead atoms. The van der Waals surface area contributed by atoms with Crippen molar-refractivity contribution in [3.05, 3.63) is 65.5 Å². The number of phenolic OH excluding ortho intramolecular Hbond substituents is 1. The minimum absolute atomic E-state index is 0.122. The van der Waals surface area contributed by atoms with E-state index in [1.807, 2.05) is 13.0 Å². The summed E-state index contributed by atoms with van der Waals surface area (Å²) in [5.74, 6) is -0.347. The van der Waals surface area contributed by atoms with Gasteiger partial charge in [-0.05, 0) is 48.4 Å². The number of aromatic hydroxyl groups is 1. The zero-order valence-corrected chi connectivity index (χ0v) is 14.1. The maximum Gasteiger partial charge on any atom is 0.335 e. The van der Waals surface area contributed by atoms with E-state index in [2.05, 4.69) is 10.2 Å². The smallest absolute Gasteiger partial charge is 0.335 e. The molecule has 1 atom stereocenters. The topological polar surface area (TPSA) is 106 Å². The van der Waals surface area contributed by atoms with Crippen LogP contribution < -0.4 is 0 Å². The highest BCUT2D eigenvalue weighted by Crippen LogP contribution is 2.29. The van der Waals surface area contributed by atoms with Crippen molar-refractivity contribution in [2.45, 2.75) is 19.4 Å². The Balaban J connectivity index is 1.90. The number of ether oxygens (including phenoxy) is 1. The van der Waals surface area contributed by atoms with Crippen LogP contribution in [-0.2, 0) is 4.74 Å². The molecular formula is C19H18N2O5. The van der Waals surface area contributed by atoms with Gasteiger partial charge in [0.05, 0.1) is 5.56 Å². The molecule has 3 rings (SSSR count). The molecule has 1 aromatic heterocycles. The predicted molar refractivity (Wildman–Crippen MR) is 92.9 cm³/mol. The maximum absolute atomic E-state index is 10.9. The van der Waals surface area contributed by atoms with Crippen LogP contribution in [0.4, 0.5) is 0 Å². The van der Waals surface area contributed by atoms with Gasteiger partial charge in [-0.2, -0.15) is 0 Å². The number of aromatic nitrogens is 2. The second kappa shape index (κ2) is 7.79. The van der Waals surface area contributed by atoms with Gasteiger partial charge in [-0.3, -0.25) is 0 Å². The lowest BCUT2D eigenvalue weighted by Gasteiger charge is -2.14. The average Bonchev–Trinajstić information content (AvgIpc) is 3.12. The summed E-state index contributed by atoms with van der Waals surface area (Å²) in [5, 5.41) is 26.8. The fraction of sp³-hybridized carbons (Fsp3) is 0.211. The lowest BCUT2D eigenvalue weighted by atomic mass is 10.1. The van der Waals surface area contributed by atoms with Crippen LogP contribution in [0, 0.1) is 0 Å². The number of hydrogen-bond donors (Lipinski definition) is 2. The van der Waals surface area contributed by atoms with E-state index >= 15 is 0 Å². The van der Waals surface area contributed by atoms with Crippen LogP contribution in [0.3, 0.4) is 0 Å². The van der Waals surface area contributed by atoms with Gasteiger partial charge in [0.25, 0.3) is 0 Å². The number of carboxylic acids is 1. The molecule has 26 heavy (non-hydrogen) atoms. The molecular weight excluding hydrogens is 336 g/mol. The molecule has 2 N–H and O–H groups in total. The summed E-state index contributed by atoms with van der Waals surface area (Å²) < 4.78 is 11.6. The number of rotatable bonds is 7. The standard InChI is InChI=1S/C19H18N2O5/c1-2-10-25-16(14-4-3-5-15(22)11-14)18-21-20-17(26-18)12-6-8-13(9-7-12)19(23)24/h3-9,11,16,22H,2,10H2,1H3,(H,23,24). The van der Waals surface area contributed by atoms with Gasteiger partial charge in [0.2, 0.25) is 11.8 Å². The maximum atomic E-state index is 10.9. The highest BCUT2D eigenvalue weighted by atomic mass is 16.5. The summed E-state index contributed by atoms with van der Waals surface area (Å²) in [4.78, 5) is 10.9. The molecule has 3 aromatic rings. The Bertz CT molecular complexity index is 889. The van der Waals surface area contributed by atoms with Crippen molar-refractivity contribution < 1.29 is 24.2 Å². The number of carboxylic acid groups (broad SMARTS) is 1. The third kappa shape index (κ3) is 3.89. The average molecular weight is 354 g/mol. The number of nitrogens with zero attached hydrogens (tertiary/aromatic N) is 2. The summed E-state index contributed by atoms with van der Waals surface area (Å²) in [6, 6.07) is 12.9. The minimum atomic E-state index is -1.00. The third-order valence-electron chi connectivity index (χ3n) is 3.71. The quantitative estimate of drug-likeness (QED) is 0.667. The van der Waals surface area contributed by atoms with Gasteiger partial charge in [0, 0.05) is 12.2 Å². The number of carbonyl (C=O) groups is 1. The molecule has 0 aliphatic carbocycles. The van der Waals surface area contributed by atoms with Gasteiger partial charge < -0.3 is 19.4 Å². The largest absolute Gasteiger partial charge is 0.508 e. The number of aromatic carboxylic acids is 1. The van der Waals surface area contributed by atoms with Gasteiger partial charge in [-0.25, -0.2) is 4.79 Å². The first-order chi connectivity index (χ1) is 12.6. The van der Waals surface area contributed by atoms with Crippen molar-refractivity contribution in [1.82, 2.24) is 10.2 Å². The Morgan fingerprint density at radius 3 is 2.62 bits per heavy atom. The summed E-state index contributed by atoms with van der Waals surface area (Å²) in [7, 11) is 0. The summed E-state index contributed by atoms with van der Waals surface area (Å²) >= 11 is 0.